The number of carboxylic acid groups (broad SMARTS) is 1. The van der Waals surface area contributed by atoms with Gasteiger partial charge in [0, 0.05) is 40.1 Å². The summed E-state index contributed by atoms with van der Waals surface area (Å²) in [6.07, 6.45) is 1.54. The molecular formula is C28H27F3N4O3. The number of nitrogens with one attached hydrogen (secondary N) is 1. The largest absolute Gasteiger partial charge is 0.494 e. The standard InChI is InChI=1S/C28H27F3N4O3/c1-27(2,10-11-32)25-21(15-6-8-28(31,9-7-15)26(36)37)22-19(12-16-14-33-34-24(16)23(22)30)35(25)17-4-5-18(29)20(13-17)38-3/h4-5,12-15H,6-10H2,1-3H3,(H,33,34)(H,36,37)/t15-,28+. The number of ether oxygens (including phenoxy) is 1. The molecule has 1 aliphatic rings. The van der Waals surface area contributed by atoms with Crippen LogP contribution in [0.5, 0.6) is 5.75 Å². The molecule has 0 radical (unpaired) electrons. The van der Waals surface area contributed by atoms with Crippen molar-refractivity contribution < 1.29 is 27.8 Å². The summed E-state index contributed by atoms with van der Waals surface area (Å²) in [5, 5.41) is 26.6. The van der Waals surface area contributed by atoms with Gasteiger partial charge < -0.3 is 14.4 Å². The van der Waals surface area contributed by atoms with Crippen molar-refractivity contribution >= 4 is 27.8 Å². The lowest BCUT2D eigenvalue weighted by molar-refractivity contribution is -0.153. The molecule has 0 saturated heterocycles. The third-order valence-corrected chi connectivity index (χ3v) is 7.77. The molecule has 0 unspecified atom stereocenters. The zero-order valence-electron chi connectivity index (χ0n) is 21.2. The van der Waals surface area contributed by atoms with E-state index in [4.69, 9.17) is 4.74 Å². The van der Waals surface area contributed by atoms with E-state index in [2.05, 4.69) is 16.3 Å². The average Bonchev–Trinajstić information content (AvgIpc) is 3.49. The summed E-state index contributed by atoms with van der Waals surface area (Å²) in [5.74, 6) is -2.96. The van der Waals surface area contributed by atoms with Gasteiger partial charge in [0.25, 0.3) is 0 Å². The molecule has 0 amide bonds. The van der Waals surface area contributed by atoms with Gasteiger partial charge in [-0.25, -0.2) is 18.0 Å². The van der Waals surface area contributed by atoms with Gasteiger partial charge in [-0.15, -0.1) is 0 Å². The molecule has 0 aliphatic heterocycles. The molecule has 198 valence electrons. The van der Waals surface area contributed by atoms with Gasteiger partial charge in [0.1, 0.15) is 5.52 Å². The number of carbonyl (C=O) groups is 1. The fourth-order valence-corrected chi connectivity index (χ4v) is 5.81. The molecule has 2 N–H and O–H groups in total. The van der Waals surface area contributed by atoms with Crippen molar-refractivity contribution in [1.29, 1.82) is 5.26 Å². The number of aromatic amines is 1. The SMILES string of the molecule is COc1cc(-n2c(C(C)(C)CC#N)c([C@H]3CC[C@](F)(C(=O)O)CC3)c3c(F)c4[nH]ncc4cc32)ccc1F. The van der Waals surface area contributed by atoms with Crippen LogP contribution in [0.2, 0.25) is 0 Å². The minimum absolute atomic E-state index is 0.00105. The summed E-state index contributed by atoms with van der Waals surface area (Å²) in [4.78, 5) is 11.6. The van der Waals surface area contributed by atoms with Crippen molar-refractivity contribution in [2.24, 2.45) is 0 Å². The third-order valence-electron chi connectivity index (χ3n) is 7.77. The number of H-pyrrole nitrogens is 1. The number of halogens is 3. The van der Waals surface area contributed by atoms with Gasteiger partial charge in [-0.1, -0.05) is 13.8 Å². The van der Waals surface area contributed by atoms with Crippen LogP contribution in [-0.2, 0) is 10.2 Å². The summed E-state index contributed by atoms with van der Waals surface area (Å²) in [5.41, 5.74) is -0.714. The fourth-order valence-electron chi connectivity index (χ4n) is 5.81. The van der Waals surface area contributed by atoms with E-state index in [1.165, 1.54) is 25.4 Å². The average molecular weight is 525 g/mol. The maximum Gasteiger partial charge on any atom is 0.341 e. The number of fused-ring (bicyclic) bond motifs is 2. The Bertz CT molecular complexity index is 1610. The van der Waals surface area contributed by atoms with Crippen molar-refractivity contribution in [3.63, 3.8) is 0 Å². The van der Waals surface area contributed by atoms with Gasteiger partial charge in [0.05, 0.1) is 24.9 Å². The van der Waals surface area contributed by atoms with Crippen molar-refractivity contribution in [2.75, 3.05) is 7.11 Å². The summed E-state index contributed by atoms with van der Waals surface area (Å²) < 4.78 is 52.7. The minimum Gasteiger partial charge on any atom is -0.494 e. The second kappa shape index (κ2) is 9.08. The molecule has 5 rings (SSSR count). The number of rotatable bonds is 6. The highest BCUT2D eigenvalue weighted by Crippen LogP contribution is 2.50. The summed E-state index contributed by atoms with van der Waals surface area (Å²) in [6.45, 7) is 3.74. The van der Waals surface area contributed by atoms with Crippen LogP contribution in [0, 0.1) is 23.0 Å². The van der Waals surface area contributed by atoms with Crippen LogP contribution in [0.3, 0.4) is 0 Å². The lowest BCUT2D eigenvalue weighted by Crippen LogP contribution is -2.37. The molecule has 38 heavy (non-hydrogen) atoms. The van der Waals surface area contributed by atoms with Crippen LogP contribution in [0.15, 0.2) is 30.5 Å². The Morgan fingerprint density at radius 3 is 2.66 bits per heavy atom. The topological polar surface area (TPSA) is 104 Å². The van der Waals surface area contributed by atoms with Crippen LogP contribution in [0.1, 0.15) is 63.1 Å². The molecule has 2 aromatic heterocycles. The van der Waals surface area contributed by atoms with E-state index >= 15 is 8.78 Å². The van der Waals surface area contributed by atoms with Crippen molar-refractivity contribution in [1.82, 2.24) is 14.8 Å². The Morgan fingerprint density at radius 1 is 1.32 bits per heavy atom. The van der Waals surface area contributed by atoms with Crippen LogP contribution in [-0.4, -0.2) is 38.6 Å². The Balaban J connectivity index is 1.88. The molecule has 1 fully saturated rings. The van der Waals surface area contributed by atoms with Crippen molar-refractivity contribution in [2.45, 2.75) is 63.0 Å². The van der Waals surface area contributed by atoms with Gasteiger partial charge in [-0.05, 0) is 55.4 Å². The molecule has 7 nitrogen and oxygen atoms in total. The second-order valence-corrected chi connectivity index (χ2v) is 10.6. The quantitative estimate of drug-likeness (QED) is 0.302. The van der Waals surface area contributed by atoms with Gasteiger partial charge >= 0.3 is 5.97 Å². The van der Waals surface area contributed by atoms with Crippen LogP contribution in [0.4, 0.5) is 13.2 Å². The second-order valence-electron chi connectivity index (χ2n) is 10.6. The van der Waals surface area contributed by atoms with Crippen LogP contribution < -0.4 is 4.74 Å². The zero-order chi connectivity index (χ0) is 27.4. The van der Waals surface area contributed by atoms with E-state index in [1.54, 1.807) is 12.1 Å². The lowest BCUT2D eigenvalue weighted by Gasteiger charge is -2.34. The Hall–Kier alpha value is -4.00. The molecule has 0 bridgehead atoms. The molecule has 1 aliphatic carbocycles. The zero-order valence-corrected chi connectivity index (χ0v) is 21.2. The number of alkyl halides is 1. The molecule has 2 heterocycles. The number of carboxylic acids is 1. The number of aliphatic carboxylic acids is 1. The normalized spacial score (nSPS) is 20.1. The number of hydrogen-bond acceptors (Lipinski definition) is 4. The number of hydrogen-bond donors (Lipinski definition) is 2. The van der Waals surface area contributed by atoms with E-state index in [1.807, 2.05) is 18.4 Å². The molecule has 4 aromatic rings. The van der Waals surface area contributed by atoms with Crippen molar-refractivity contribution in [3.05, 3.63) is 53.4 Å². The van der Waals surface area contributed by atoms with Gasteiger partial charge in [-0.2, -0.15) is 10.4 Å². The van der Waals surface area contributed by atoms with Crippen LogP contribution >= 0.6 is 0 Å². The van der Waals surface area contributed by atoms with E-state index in [9.17, 15) is 19.6 Å². The molecule has 10 heteroatoms. The monoisotopic (exact) mass is 524 g/mol. The Kier molecular flexibility index (Phi) is 6.13. The smallest absolute Gasteiger partial charge is 0.341 e. The van der Waals surface area contributed by atoms with E-state index < -0.39 is 28.7 Å². The van der Waals surface area contributed by atoms with Gasteiger partial charge in [0.2, 0.25) is 5.67 Å². The summed E-state index contributed by atoms with van der Waals surface area (Å²) >= 11 is 0. The third kappa shape index (κ3) is 3.88. The first-order chi connectivity index (χ1) is 18.0. The summed E-state index contributed by atoms with van der Waals surface area (Å²) in [6, 6.07) is 8.33. The number of methoxy groups -OCH3 is 1. The first-order valence-corrected chi connectivity index (χ1v) is 12.4. The van der Waals surface area contributed by atoms with Gasteiger partial charge in [0.15, 0.2) is 17.4 Å². The van der Waals surface area contributed by atoms with E-state index in [0.29, 0.717) is 27.8 Å². The fraction of sp³-hybridized carbons (Fsp3) is 0.393. The van der Waals surface area contributed by atoms with Gasteiger partial charge in [-0.3, -0.25) is 5.10 Å². The summed E-state index contributed by atoms with van der Waals surface area (Å²) in [7, 11) is 1.35. The molecule has 0 spiro atoms. The first-order valence-electron chi connectivity index (χ1n) is 12.4. The molecule has 2 aromatic carbocycles. The number of nitrogens with zero attached hydrogens (tertiary/aromatic N) is 3. The highest BCUT2D eigenvalue weighted by molar-refractivity contribution is 6.00. The maximum absolute atomic E-state index is 16.3. The Labute approximate surface area is 216 Å². The number of aromatic nitrogens is 3. The molecule has 0 atom stereocenters. The molecule has 1 saturated carbocycles. The highest BCUT2D eigenvalue weighted by atomic mass is 19.1. The van der Waals surface area contributed by atoms with E-state index in [-0.39, 0.29) is 54.7 Å². The number of benzene rings is 2. The molecular weight excluding hydrogens is 497 g/mol. The highest BCUT2D eigenvalue weighted by Gasteiger charge is 2.45. The Morgan fingerprint density at radius 2 is 2.03 bits per heavy atom. The van der Waals surface area contributed by atoms with Crippen LogP contribution in [0.25, 0.3) is 27.5 Å². The number of nitriles is 1. The first kappa shape index (κ1) is 25.6. The predicted octanol–water partition coefficient (Wildman–Crippen LogP) is 6.44. The van der Waals surface area contributed by atoms with E-state index in [0.717, 1.165) is 0 Å². The lowest BCUT2D eigenvalue weighted by atomic mass is 9.73. The minimum atomic E-state index is -2.34. The maximum atomic E-state index is 16.3. The predicted molar refractivity (Wildman–Crippen MR) is 135 cm³/mol. The van der Waals surface area contributed by atoms with Crippen molar-refractivity contribution in [3.8, 4) is 17.5 Å².